The number of aliphatic hydroxyl groups is 1. The number of hydrogen-bond donors (Lipinski definition) is 1. The van der Waals surface area contributed by atoms with Crippen LogP contribution in [-0.2, 0) is 4.79 Å². The maximum Gasteiger partial charge on any atom is 0.460 e. The number of amides is 1. The molecule has 5 nitrogen and oxygen atoms in total. The second-order valence-corrected chi connectivity index (χ2v) is 10.5. The summed E-state index contributed by atoms with van der Waals surface area (Å²) in [7, 11) is 0. The molecule has 2 aliphatic rings. The van der Waals surface area contributed by atoms with Crippen LogP contribution in [0, 0.1) is 0 Å². The van der Waals surface area contributed by atoms with Crippen LogP contribution in [0.1, 0.15) is 55.6 Å². The van der Waals surface area contributed by atoms with Crippen LogP contribution in [-0.4, -0.2) is 52.1 Å². The Morgan fingerprint density at radius 3 is 2.13 bits per heavy atom. The zero-order valence-electron chi connectivity index (χ0n) is 20.3. The van der Waals surface area contributed by atoms with Gasteiger partial charge in [-0.3, -0.25) is 4.79 Å². The molecule has 4 rings (SSSR count). The monoisotopic (exact) mass is 624 g/mol. The highest BCUT2D eigenvalue weighted by Crippen LogP contribution is 2.54. The van der Waals surface area contributed by atoms with Gasteiger partial charge in [0.15, 0.2) is 6.61 Å². The molecule has 2 aromatic rings. The van der Waals surface area contributed by atoms with Gasteiger partial charge in [-0.25, -0.2) is 0 Å². The van der Waals surface area contributed by atoms with Gasteiger partial charge in [-0.2, -0.15) is 40.8 Å². The van der Waals surface area contributed by atoms with Crippen LogP contribution < -0.4 is 4.74 Å². The minimum Gasteiger partial charge on any atom is -0.484 e. The van der Waals surface area contributed by atoms with Crippen LogP contribution in [0.3, 0.4) is 0 Å². The highest BCUT2D eigenvalue weighted by molar-refractivity contribution is 9.10. The summed E-state index contributed by atoms with van der Waals surface area (Å²) in [5.41, 5.74) is -3.75. The summed E-state index contributed by atoms with van der Waals surface area (Å²) in [6.07, 6.45) is -2.77. The molecule has 0 radical (unpaired) electrons. The van der Waals surface area contributed by atoms with Crippen molar-refractivity contribution in [3.05, 3.63) is 64.1 Å². The molecule has 1 aliphatic carbocycles. The predicted octanol–water partition coefficient (Wildman–Crippen LogP) is 7.03. The standard InChI is InChI=1S/C26H24BrF7N2O3/c27-19-10-6-18(7-11-19)21-14-23(38,24(28,29)25(30,31)26(32,33)34)36(35-21)22(37)15-39-20-12-8-17(9-13-20)16-4-2-1-3-5-16/h6-13,16,38H,1-5,14-15H2/t23-/m0/s1. The lowest BCUT2D eigenvalue weighted by atomic mass is 9.84. The Bertz CT molecular complexity index is 1210. The van der Waals surface area contributed by atoms with E-state index in [0.29, 0.717) is 10.4 Å². The van der Waals surface area contributed by atoms with E-state index in [9.17, 15) is 40.6 Å². The molecule has 1 fully saturated rings. The van der Waals surface area contributed by atoms with E-state index in [2.05, 4.69) is 21.0 Å². The third-order valence-corrected chi connectivity index (χ3v) is 7.50. The molecule has 1 heterocycles. The zero-order valence-corrected chi connectivity index (χ0v) is 21.9. The van der Waals surface area contributed by atoms with E-state index in [4.69, 9.17) is 4.74 Å². The van der Waals surface area contributed by atoms with Crippen molar-refractivity contribution in [3.63, 3.8) is 0 Å². The van der Waals surface area contributed by atoms with E-state index in [1.54, 1.807) is 12.1 Å². The molecule has 1 amide bonds. The molecule has 39 heavy (non-hydrogen) atoms. The Morgan fingerprint density at radius 2 is 1.56 bits per heavy atom. The number of halogens is 8. The number of carbonyl (C=O) groups excluding carboxylic acids is 1. The van der Waals surface area contributed by atoms with Gasteiger partial charge in [0.2, 0.25) is 5.72 Å². The number of nitrogens with zero attached hydrogens (tertiary/aromatic N) is 2. The molecule has 1 atom stereocenters. The average Bonchev–Trinajstić information content (AvgIpc) is 3.27. The van der Waals surface area contributed by atoms with E-state index in [1.165, 1.54) is 42.8 Å². The van der Waals surface area contributed by atoms with Gasteiger partial charge in [-0.15, -0.1) is 0 Å². The number of benzene rings is 2. The van der Waals surface area contributed by atoms with Crippen LogP contribution in [0.2, 0.25) is 0 Å². The molecule has 1 saturated carbocycles. The Kier molecular flexibility index (Phi) is 8.06. The van der Waals surface area contributed by atoms with E-state index in [-0.39, 0.29) is 11.3 Å². The van der Waals surface area contributed by atoms with Crippen molar-refractivity contribution in [2.45, 2.75) is 68.2 Å². The summed E-state index contributed by atoms with van der Waals surface area (Å²) in [6, 6.07) is 12.1. The van der Waals surface area contributed by atoms with Crippen LogP contribution in [0.25, 0.3) is 0 Å². The Morgan fingerprint density at radius 1 is 0.974 bits per heavy atom. The van der Waals surface area contributed by atoms with E-state index in [1.807, 2.05) is 0 Å². The van der Waals surface area contributed by atoms with Crippen LogP contribution in [0.4, 0.5) is 30.7 Å². The van der Waals surface area contributed by atoms with Crippen molar-refractivity contribution in [1.82, 2.24) is 5.01 Å². The lowest BCUT2D eigenvalue weighted by Crippen LogP contribution is -2.69. The minimum atomic E-state index is -6.72. The predicted molar refractivity (Wildman–Crippen MR) is 131 cm³/mol. The highest BCUT2D eigenvalue weighted by Gasteiger charge is 2.82. The van der Waals surface area contributed by atoms with E-state index < -0.39 is 53.4 Å². The van der Waals surface area contributed by atoms with Gasteiger partial charge < -0.3 is 9.84 Å². The SMILES string of the molecule is O=C(COc1ccc(C2CCCCC2)cc1)N1N=C(c2ccc(Br)cc2)C[C@]1(O)C(F)(F)C(F)(F)C(F)(F)F. The van der Waals surface area contributed by atoms with Crippen molar-refractivity contribution in [1.29, 1.82) is 0 Å². The molecule has 0 aromatic heterocycles. The largest absolute Gasteiger partial charge is 0.484 e. The topological polar surface area (TPSA) is 62.1 Å². The van der Waals surface area contributed by atoms with E-state index in [0.717, 1.165) is 31.2 Å². The lowest BCUT2D eigenvalue weighted by Gasteiger charge is -2.41. The molecule has 0 spiro atoms. The molecule has 1 N–H and O–H groups in total. The Balaban J connectivity index is 1.59. The summed E-state index contributed by atoms with van der Waals surface area (Å²) in [5.74, 6) is -13.9. The fraction of sp³-hybridized carbons (Fsp3) is 0.462. The Hall–Kier alpha value is -2.67. The van der Waals surface area contributed by atoms with Gasteiger partial charge in [0.25, 0.3) is 5.91 Å². The maximum atomic E-state index is 14.9. The second-order valence-electron chi connectivity index (χ2n) is 9.59. The van der Waals surface area contributed by atoms with Gasteiger partial charge in [-0.05, 0) is 54.2 Å². The molecule has 0 unspecified atom stereocenters. The molecule has 0 saturated heterocycles. The number of hydrazone groups is 1. The molecule has 212 valence electrons. The molecule has 0 bridgehead atoms. The van der Waals surface area contributed by atoms with Crippen molar-refractivity contribution in [2.24, 2.45) is 5.10 Å². The second kappa shape index (κ2) is 10.7. The smallest absolute Gasteiger partial charge is 0.460 e. The van der Waals surface area contributed by atoms with Crippen molar-refractivity contribution < 1.29 is 45.4 Å². The van der Waals surface area contributed by atoms with Crippen LogP contribution in [0.5, 0.6) is 5.75 Å². The zero-order chi connectivity index (χ0) is 28.6. The van der Waals surface area contributed by atoms with Crippen LogP contribution >= 0.6 is 15.9 Å². The number of rotatable bonds is 7. The lowest BCUT2D eigenvalue weighted by molar-refractivity contribution is -0.401. The summed E-state index contributed by atoms with van der Waals surface area (Å²) < 4.78 is 103. The van der Waals surface area contributed by atoms with Gasteiger partial charge in [0.05, 0.1) is 5.71 Å². The Labute approximate surface area is 227 Å². The molecule has 2 aromatic carbocycles. The van der Waals surface area contributed by atoms with Gasteiger partial charge in [-0.1, -0.05) is 59.5 Å². The normalized spacial score (nSPS) is 21.2. The molecule has 1 aliphatic heterocycles. The summed E-state index contributed by atoms with van der Waals surface area (Å²) in [5, 5.41) is 13.8. The van der Waals surface area contributed by atoms with Crippen molar-refractivity contribution >= 4 is 27.5 Å². The first-order valence-corrected chi connectivity index (χ1v) is 12.9. The average molecular weight is 625 g/mol. The minimum absolute atomic E-state index is 0.0252. The van der Waals surface area contributed by atoms with Crippen molar-refractivity contribution in [2.75, 3.05) is 6.61 Å². The number of hydrogen-bond acceptors (Lipinski definition) is 4. The van der Waals surface area contributed by atoms with E-state index >= 15 is 0 Å². The van der Waals surface area contributed by atoms with Crippen LogP contribution in [0.15, 0.2) is 58.1 Å². The molecule has 13 heteroatoms. The van der Waals surface area contributed by atoms with Crippen molar-refractivity contribution in [3.8, 4) is 5.75 Å². The maximum absolute atomic E-state index is 14.9. The highest BCUT2D eigenvalue weighted by atomic mass is 79.9. The quantitative estimate of drug-likeness (QED) is 0.336. The summed E-state index contributed by atoms with van der Waals surface area (Å²) in [6.45, 7) is -1.06. The molecular formula is C26H24BrF7N2O3. The summed E-state index contributed by atoms with van der Waals surface area (Å²) in [4.78, 5) is 12.9. The van der Waals surface area contributed by atoms with Gasteiger partial charge >= 0.3 is 18.0 Å². The van der Waals surface area contributed by atoms with Gasteiger partial charge in [0, 0.05) is 10.9 Å². The first kappa shape index (κ1) is 29.3. The first-order chi connectivity index (χ1) is 18.2. The first-order valence-electron chi connectivity index (χ1n) is 12.1. The third-order valence-electron chi connectivity index (χ3n) is 6.97. The number of carbonyl (C=O) groups is 1. The van der Waals surface area contributed by atoms with Gasteiger partial charge in [0.1, 0.15) is 5.75 Å². The number of alkyl halides is 7. The summed E-state index contributed by atoms with van der Waals surface area (Å²) >= 11 is 3.15. The fourth-order valence-electron chi connectivity index (χ4n) is 4.76. The third kappa shape index (κ3) is 5.52. The molecular weight excluding hydrogens is 601 g/mol. The fourth-order valence-corrected chi connectivity index (χ4v) is 5.03. The number of ether oxygens (including phenoxy) is 1.